The van der Waals surface area contributed by atoms with Crippen molar-refractivity contribution in [2.45, 2.75) is 0 Å². The highest BCUT2D eigenvalue weighted by Crippen LogP contribution is 2.39. The third-order valence-corrected chi connectivity index (χ3v) is 6.33. The van der Waals surface area contributed by atoms with Crippen molar-refractivity contribution < 1.29 is 4.42 Å². The summed E-state index contributed by atoms with van der Waals surface area (Å²) in [7, 11) is 0. The summed E-state index contributed by atoms with van der Waals surface area (Å²) in [6.45, 7) is 0. The Morgan fingerprint density at radius 2 is 1.38 bits per heavy atom. The molecule has 2 heteroatoms. The van der Waals surface area contributed by atoms with E-state index < -0.39 is 0 Å². The van der Waals surface area contributed by atoms with Crippen LogP contribution in [0.5, 0.6) is 0 Å². The number of benzene rings is 5. The van der Waals surface area contributed by atoms with Gasteiger partial charge in [-0.1, -0.05) is 78.9 Å². The molecule has 7 rings (SSSR count). The predicted octanol–water partition coefficient (Wildman–Crippen LogP) is 8.15. The van der Waals surface area contributed by atoms with Gasteiger partial charge < -0.3 is 8.98 Å². The van der Waals surface area contributed by atoms with E-state index >= 15 is 0 Å². The highest BCUT2D eigenvalue weighted by atomic mass is 16.3. The molecule has 149 valence electrons. The highest BCUT2D eigenvalue weighted by molar-refractivity contribution is 6.13. The second-order valence-corrected chi connectivity index (χ2v) is 8.12. The average molecular weight is 408 g/mol. The minimum Gasteiger partial charge on any atom is -0.455 e. The van der Waals surface area contributed by atoms with E-state index in [9.17, 15) is 0 Å². The predicted molar refractivity (Wildman–Crippen MR) is 132 cm³/mol. The van der Waals surface area contributed by atoms with E-state index in [1.165, 1.54) is 27.5 Å². The normalized spacial score (nSPS) is 11.8. The number of hydrogen-bond donors (Lipinski definition) is 0. The van der Waals surface area contributed by atoms with E-state index in [-0.39, 0.29) is 0 Å². The standard InChI is InChI=1S/C30H18NO/c1-2-9-21(10-3-1)31-27-15-6-4-11-23(27)26-19-20(17-18-28(26)31)22-13-8-14-25-24-12-5-7-16-29(24)32-30(22)25/h1-15,17-19H. The summed E-state index contributed by atoms with van der Waals surface area (Å²) in [5.74, 6) is 0. The fraction of sp³-hybridized carbons (Fsp3) is 0. The van der Waals surface area contributed by atoms with Gasteiger partial charge in [0.05, 0.1) is 11.0 Å². The summed E-state index contributed by atoms with van der Waals surface area (Å²) in [6.07, 6.45) is 0. The Morgan fingerprint density at radius 3 is 2.31 bits per heavy atom. The van der Waals surface area contributed by atoms with Crippen LogP contribution in [0.25, 0.3) is 60.6 Å². The van der Waals surface area contributed by atoms with Crippen molar-refractivity contribution in [1.82, 2.24) is 4.57 Å². The molecule has 0 aliphatic rings. The molecule has 2 nitrogen and oxygen atoms in total. The van der Waals surface area contributed by atoms with Crippen LogP contribution in [0.2, 0.25) is 0 Å². The molecule has 0 bridgehead atoms. The first-order valence-electron chi connectivity index (χ1n) is 10.8. The van der Waals surface area contributed by atoms with E-state index in [0.717, 1.165) is 33.1 Å². The zero-order valence-electron chi connectivity index (χ0n) is 17.2. The van der Waals surface area contributed by atoms with Gasteiger partial charge >= 0.3 is 0 Å². The maximum atomic E-state index is 6.25. The lowest BCUT2D eigenvalue weighted by atomic mass is 10.0. The average Bonchev–Trinajstić information content (AvgIpc) is 3.40. The fourth-order valence-electron chi connectivity index (χ4n) is 4.90. The van der Waals surface area contributed by atoms with Crippen molar-refractivity contribution >= 4 is 43.7 Å². The van der Waals surface area contributed by atoms with Crippen molar-refractivity contribution in [2.75, 3.05) is 0 Å². The Kier molecular flexibility index (Phi) is 3.58. The van der Waals surface area contributed by atoms with Gasteiger partial charge in [-0.3, -0.25) is 0 Å². The lowest BCUT2D eigenvalue weighted by Gasteiger charge is -2.08. The topological polar surface area (TPSA) is 18.1 Å². The van der Waals surface area contributed by atoms with Gasteiger partial charge in [0.15, 0.2) is 0 Å². The number of furan rings is 1. The largest absolute Gasteiger partial charge is 0.455 e. The number of nitrogens with zero attached hydrogens (tertiary/aromatic N) is 1. The molecule has 0 aliphatic carbocycles. The number of aromatic nitrogens is 1. The fourth-order valence-corrected chi connectivity index (χ4v) is 4.90. The van der Waals surface area contributed by atoms with Crippen LogP contribution in [0, 0.1) is 6.07 Å². The lowest BCUT2D eigenvalue weighted by Crippen LogP contribution is -1.92. The molecule has 0 saturated heterocycles. The number of rotatable bonds is 2. The van der Waals surface area contributed by atoms with E-state index in [1.54, 1.807) is 0 Å². The van der Waals surface area contributed by atoms with Crippen LogP contribution in [-0.4, -0.2) is 4.57 Å². The van der Waals surface area contributed by atoms with Crippen LogP contribution < -0.4 is 0 Å². The maximum Gasteiger partial charge on any atom is 0.143 e. The molecule has 0 unspecified atom stereocenters. The van der Waals surface area contributed by atoms with Gasteiger partial charge in [0.25, 0.3) is 0 Å². The van der Waals surface area contributed by atoms with Gasteiger partial charge in [0, 0.05) is 38.9 Å². The molecule has 0 fully saturated rings. The first kappa shape index (κ1) is 17.4. The first-order valence-corrected chi connectivity index (χ1v) is 10.8. The van der Waals surface area contributed by atoms with Gasteiger partial charge in [-0.05, 0) is 35.9 Å². The summed E-state index contributed by atoms with van der Waals surface area (Å²) in [4.78, 5) is 0. The molecule has 7 aromatic rings. The molecular weight excluding hydrogens is 390 g/mol. The van der Waals surface area contributed by atoms with Crippen LogP contribution in [0.4, 0.5) is 0 Å². The molecule has 1 radical (unpaired) electrons. The number of hydrogen-bond acceptors (Lipinski definition) is 1. The van der Waals surface area contributed by atoms with Crippen LogP contribution in [0.1, 0.15) is 0 Å². The smallest absolute Gasteiger partial charge is 0.143 e. The van der Waals surface area contributed by atoms with Crippen LogP contribution in [-0.2, 0) is 0 Å². The van der Waals surface area contributed by atoms with Crippen molar-refractivity contribution in [3.8, 4) is 16.8 Å². The van der Waals surface area contributed by atoms with Crippen molar-refractivity contribution in [1.29, 1.82) is 0 Å². The van der Waals surface area contributed by atoms with E-state index in [4.69, 9.17) is 4.42 Å². The zero-order valence-corrected chi connectivity index (χ0v) is 17.2. The quantitative estimate of drug-likeness (QED) is 0.282. The molecule has 2 heterocycles. The molecule has 2 aromatic heterocycles. The van der Waals surface area contributed by atoms with E-state index in [2.05, 4.69) is 108 Å². The first-order chi connectivity index (χ1) is 15.9. The molecule has 0 spiro atoms. The maximum absolute atomic E-state index is 6.25. The monoisotopic (exact) mass is 408 g/mol. The molecule has 32 heavy (non-hydrogen) atoms. The number of fused-ring (bicyclic) bond motifs is 6. The SMILES string of the molecule is [c]1cccc2c1oc1c(-c3ccc4c(c3)c3ccccc3n4-c3ccccc3)cccc12. The van der Waals surface area contributed by atoms with Crippen molar-refractivity contribution in [3.63, 3.8) is 0 Å². The molecule has 0 amide bonds. The Hall–Kier alpha value is -4.30. The van der Waals surface area contributed by atoms with Crippen molar-refractivity contribution in [3.05, 3.63) is 115 Å². The van der Waals surface area contributed by atoms with Gasteiger partial charge in [-0.25, -0.2) is 0 Å². The second-order valence-electron chi connectivity index (χ2n) is 8.12. The summed E-state index contributed by atoms with van der Waals surface area (Å²) in [5, 5.41) is 4.72. The Labute approximate surface area is 184 Å². The van der Waals surface area contributed by atoms with Gasteiger partial charge in [0.2, 0.25) is 0 Å². The Morgan fingerprint density at radius 1 is 0.594 bits per heavy atom. The number of para-hydroxylation sites is 4. The molecule has 0 N–H and O–H groups in total. The zero-order chi connectivity index (χ0) is 21.1. The summed E-state index contributed by atoms with van der Waals surface area (Å²) in [5.41, 5.74) is 7.55. The highest BCUT2D eigenvalue weighted by Gasteiger charge is 2.15. The molecular formula is C30H18NO. The second kappa shape index (κ2) is 6.60. The summed E-state index contributed by atoms with van der Waals surface area (Å²) >= 11 is 0. The van der Waals surface area contributed by atoms with Crippen LogP contribution >= 0.6 is 0 Å². The van der Waals surface area contributed by atoms with Gasteiger partial charge in [0.1, 0.15) is 11.2 Å². The van der Waals surface area contributed by atoms with E-state index in [1.807, 2.05) is 12.1 Å². The third kappa shape index (κ3) is 2.41. The summed E-state index contributed by atoms with van der Waals surface area (Å²) in [6, 6.07) is 41.5. The third-order valence-electron chi connectivity index (χ3n) is 6.33. The van der Waals surface area contributed by atoms with Crippen molar-refractivity contribution in [2.24, 2.45) is 0 Å². The van der Waals surface area contributed by atoms with Gasteiger partial charge in [-0.2, -0.15) is 0 Å². The molecule has 0 saturated carbocycles. The Balaban J connectivity index is 1.54. The molecule has 0 aliphatic heterocycles. The van der Waals surface area contributed by atoms with Crippen LogP contribution in [0.15, 0.2) is 114 Å². The van der Waals surface area contributed by atoms with Gasteiger partial charge in [-0.15, -0.1) is 0 Å². The van der Waals surface area contributed by atoms with Crippen LogP contribution in [0.3, 0.4) is 0 Å². The lowest BCUT2D eigenvalue weighted by molar-refractivity contribution is 0.669. The Bertz CT molecular complexity index is 1770. The van der Waals surface area contributed by atoms with E-state index in [0.29, 0.717) is 0 Å². The minimum absolute atomic E-state index is 0.803. The summed E-state index contributed by atoms with van der Waals surface area (Å²) < 4.78 is 8.59. The molecule has 5 aromatic carbocycles. The molecule has 0 atom stereocenters. The minimum atomic E-state index is 0.803.